The number of halogens is 1. The fraction of sp³-hybridized carbons (Fsp3) is 0.522. The van der Waals surface area contributed by atoms with Crippen LogP contribution in [0.25, 0.3) is 48.9 Å². The first kappa shape index (κ1) is 83.4. The van der Waals surface area contributed by atoms with Crippen molar-refractivity contribution in [3.05, 3.63) is 131 Å². The molecule has 1 aliphatic heterocycles. The number of hydrogen-bond acceptors (Lipinski definition) is 8. The topological polar surface area (TPSA) is 241 Å². The molecule has 0 saturated carbocycles. The van der Waals surface area contributed by atoms with E-state index in [1.165, 1.54) is 11.6 Å². The van der Waals surface area contributed by atoms with E-state index in [-0.39, 0.29) is 361 Å². The molecular formula is C46H67FK6N9O6P. The molecule has 1 unspecified atom stereocenters. The Morgan fingerprint density at radius 1 is 0.942 bits per heavy atom. The molecule has 1 atom stereocenters. The number of nitrogens with two attached hydrogens (primary N) is 2. The molecule has 0 radical (unpaired) electrons. The Labute approximate surface area is 668 Å². The van der Waals surface area contributed by atoms with Gasteiger partial charge < -0.3 is 57.6 Å². The number of amides is 1. The fourth-order valence-corrected chi connectivity index (χ4v) is 7.10. The quantitative estimate of drug-likeness (QED) is 0.0224. The second-order valence-electron chi connectivity index (χ2n) is 14.2. The van der Waals surface area contributed by atoms with E-state index < -0.39 is 5.91 Å². The average Bonchev–Trinajstić information content (AvgIpc) is 3.67. The molecule has 4 aromatic rings. The molecule has 0 spiro atoms. The van der Waals surface area contributed by atoms with E-state index in [4.69, 9.17) is 26.3 Å². The first-order chi connectivity index (χ1) is 30.6. The molecule has 6 N–H and O–H groups in total. The number of aliphatic hydroxyl groups excluding tert-OH is 2. The van der Waals surface area contributed by atoms with Gasteiger partial charge in [0.05, 0.1) is 17.8 Å². The van der Waals surface area contributed by atoms with Crippen LogP contribution in [0, 0.1) is 19.7 Å². The Hall–Kier alpha value is 5.63. The van der Waals surface area contributed by atoms with Crippen LogP contribution in [0.3, 0.4) is 0 Å². The molecule has 23 heteroatoms. The number of fused-ring (bicyclic) bond motifs is 4. The average molecular weight is 1130 g/mol. The number of primary amides is 1. The summed E-state index contributed by atoms with van der Waals surface area (Å²) in [6.45, 7) is 14.4. The molecule has 6 rings (SSSR count). The van der Waals surface area contributed by atoms with E-state index in [1.807, 2.05) is 58.0 Å². The van der Waals surface area contributed by atoms with E-state index in [0.29, 0.717) is 54.2 Å². The van der Waals surface area contributed by atoms with E-state index >= 15 is 0 Å². The number of aryl methyl sites for hydroxylation is 2. The largest absolute Gasteiger partial charge is 1.00 e. The van der Waals surface area contributed by atoms with Crippen LogP contribution in [0.5, 0.6) is 0 Å². The molecule has 2 aromatic heterocycles. The number of nitrogens with zero attached hydrogens (tertiary/aromatic N) is 7. The molecule has 1 aliphatic carbocycles. The van der Waals surface area contributed by atoms with Gasteiger partial charge >= 0.3 is 308 Å². The first-order valence-corrected chi connectivity index (χ1v) is 22.5. The number of unbranched alkanes of at least 4 members (excludes halogenated alkanes) is 2. The van der Waals surface area contributed by atoms with Gasteiger partial charge in [-0.25, -0.2) is 15.5 Å². The molecule has 0 fully saturated rings. The Kier molecular flexibility index (Phi) is 62.6. The summed E-state index contributed by atoms with van der Waals surface area (Å²) < 4.78 is 30.5. The number of ether oxygens (including phenoxy) is 1. The summed E-state index contributed by atoms with van der Waals surface area (Å²) >= 11 is 0. The van der Waals surface area contributed by atoms with Crippen molar-refractivity contribution < 1.29 is 337 Å². The van der Waals surface area contributed by atoms with Gasteiger partial charge in [0.2, 0.25) is 11.5 Å². The molecule has 1 amide bonds. The number of aromatic nitrogens is 2. The maximum Gasteiger partial charge on any atom is 1.00 e. The van der Waals surface area contributed by atoms with Crippen molar-refractivity contribution in [3.8, 4) is 11.4 Å². The third-order valence-corrected chi connectivity index (χ3v) is 10.5. The maximum atomic E-state index is 14.4. The van der Waals surface area contributed by atoms with Gasteiger partial charge in [-0.15, -0.1) is 6.07 Å². The molecule has 2 aliphatic rings. The Balaban J connectivity index is -0.000000314. The van der Waals surface area contributed by atoms with Gasteiger partial charge in [0, 0.05) is 42.6 Å². The zero-order valence-corrected chi connectivity index (χ0v) is 63.3. The van der Waals surface area contributed by atoms with Crippen molar-refractivity contribution in [1.82, 2.24) is 9.55 Å². The first-order valence-electron chi connectivity index (χ1n) is 21.5. The minimum absolute atomic E-state index is 0. The summed E-state index contributed by atoms with van der Waals surface area (Å²) in [5.41, 5.74) is 18.3. The number of rotatable bonds is 22. The van der Waals surface area contributed by atoms with E-state index in [2.05, 4.69) is 33.5 Å². The van der Waals surface area contributed by atoms with Gasteiger partial charge in [-0.2, -0.15) is 19.0 Å². The second kappa shape index (κ2) is 51.8. The van der Waals surface area contributed by atoms with Crippen molar-refractivity contribution in [3.63, 3.8) is 0 Å². The second-order valence-corrected chi connectivity index (χ2v) is 14.9. The number of pyridine rings is 2. The van der Waals surface area contributed by atoms with Crippen LogP contribution in [0.1, 0.15) is 91.8 Å². The van der Waals surface area contributed by atoms with Crippen LogP contribution < -0.4 is 325 Å². The summed E-state index contributed by atoms with van der Waals surface area (Å²) in [6, 6.07) is 13.3. The molecule has 69 heavy (non-hydrogen) atoms. The molecule has 350 valence electrons. The van der Waals surface area contributed by atoms with Gasteiger partial charge in [-0.05, 0) is 69.0 Å². The monoisotopic (exact) mass is 1130 g/mol. The summed E-state index contributed by atoms with van der Waals surface area (Å²) in [5, 5.41) is 39.3. The number of aliphatic hydroxyl groups is 2. The minimum atomic E-state index is -0.518. The maximum absolute atomic E-state index is 14.4. The molecular weight excluding hydrogens is 1060 g/mol. The standard InChI is InChI=1S/C21H18FN2O2.C19H32N7O2.C3H7OP.C2H6.CH4O.6K/c1-10-6-18-20-14(8-24(18)21(26)15(10)9-25)13-5-3-4-12-11(2)16(22)7-17(23-20)19(12)13;20-9-5-2-6-10-22-13-23-14-25-19(11-17-7-3-1-4-8-17)26-15-24-16-28-12-18(21)27;1-2-3-5-4;2*1-2;;;;;;/h6-7,25H,1,3-5,8-9H2,2H3;1,3-4,7-8,19H,2,5-6,9-16,20H2,(H2,21,27);2-3H2,1H3;1-2H3;2H,1H3;;;;;;/q-1;-5;;;;6*+1. The number of carbonyl (C=O) groups excluding carboxylic acids is 1. The third-order valence-electron chi connectivity index (χ3n) is 9.89. The van der Waals surface area contributed by atoms with Crippen molar-refractivity contribution in [2.24, 2.45) is 11.5 Å². The molecule has 0 saturated heterocycles. The Morgan fingerprint density at radius 3 is 2.16 bits per heavy atom. The number of benzene rings is 2. The number of hydrogen-bond donors (Lipinski definition) is 4. The molecule has 2 aromatic carbocycles. The van der Waals surface area contributed by atoms with Crippen LogP contribution in [0.15, 0.2) is 47.3 Å². The van der Waals surface area contributed by atoms with Gasteiger partial charge in [-0.1, -0.05) is 81.5 Å². The van der Waals surface area contributed by atoms with Crippen LogP contribution in [-0.4, -0.2) is 91.5 Å². The van der Waals surface area contributed by atoms with Crippen LogP contribution >= 0.6 is 8.46 Å². The van der Waals surface area contributed by atoms with Crippen molar-refractivity contribution in [1.29, 1.82) is 0 Å². The van der Waals surface area contributed by atoms with Crippen LogP contribution in [0.4, 0.5) is 4.39 Å². The van der Waals surface area contributed by atoms with E-state index in [1.54, 1.807) is 10.6 Å². The predicted octanol–water partition coefficient (Wildman–Crippen LogP) is -9.73. The van der Waals surface area contributed by atoms with Gasteiger partial charge in [0.15, 0.2) is 8.46 Å². The number of carbonyl (C=O) groups is 1. The summed E-state index contributed by atoms with van der Waals surface area (Å²) in [4.78, 5) is 28.1. The van der Waals surface area contributed by atoms with Crippen LogP contribution in [0.2, 0.25) is 0 Å². The fourth-order valence-electron chi connectivity index (χ4n) is 6.92. The SMILES string of the molecule is CC.CCCP=O.CO.NCCCCC[N-]C[N-]C[N-]C(Cc1ccccc1)[N-]C[N-]COCC(N)=O.[CH2-]c1cc2n(c(=O)c1CO)Cc1c-2nc2cc(F)c(C)c3c2c1CCC3.[K+].[K+].[K+].[K+].[K+].[K+]. The van der Waals surface area contributed by atoms with Gasteiger partial charge in [0.25, 0.3) is 0 Å². The van der Waals surface area contributed by atoms with Crippen molar-refractivity contribution in [2.75, 3.05) is 59.7 Å². The summed E-state index contributed by atoms with van der Waals surface area (Å²) in [7, 11) is 1.28. The molecule has 15 nitrogen and oxygen atoms in total. The summed E-state index contributed by atoms with van der Waals surface area (Å²) in [6.07, 6.45) is 8.21. The normalized spacial score (nSPS) is 11.3. The Morgan fingerprint density at radius 2 is 1.58 bits per heavy atom. The smallest absolute Gasteiger partial charge is 0.699 e. The predicted molar refractivity (Wildman–Crippen MR) is 253 cm³/mol. The third kappa shape index (κ3) is 30.3. The molecule has 0 bridgehead atoms. The zero-order valence-electron chi connectivity index (χ0n) is 43.7. The van der Waals surface area contributed by atoms with Gasteiger partial charge in [-0.3, -0.25) is 34.2 Å². The Bertz CT molecular complexity index is 2050. The summed E-state index contributed by atoms with van der Waals surface area (Å²) in [5.74, 6) is -0.743. The van der Waals surface area contributed by atoms with Gasteiger partial charge in [0.1, 0.15) is 12.4 Å². The van der Waals surface area contributed by atoms with E-state index in [0.717, 1.165) is 99.1 Å². The van der Waals surface area contributed by atoms with Crippen molar-refractivity contribution in [2.45, 2.75) is 98.4 Å². The van der Waals surface area contributed by atoms with Crippen molar-refractivity contribution >= 4 is 25.3 Å². The minimum Gasteiger partial charge on any atom is -0.699 e. The van der Waals surface area contributed by atoms with E-state index in [9.17, 15) is 23.7 Å². The van der Waals surface area contributed by atoms with Crippen LogP contribution in [-0.2, 0) is 46.5 Å². The zero-order chi connectivity index (χ0) is 46.6. The molecule has 3 heterocycles.